The average Bonchev–Trinajstić information content (AvgIpc) is 3.23. The van der Waals surface area contributed by atoms with E-state index < -0.39 is 86.6 Å². The van der Waals surface area contributed by atoms with Crippen LogP contribution in [0.15, 0.2) is 12.2 Å². The molecule has 2 saturated heterocycles. The van der Waals surface area contributed by atoms with Crippen molar-refractivity contribution in [2.24, 2.45) is 0 Å². The molecule has 0 aromatic rings. The second-order valence-corrected chi connectivity index (χ2v) is 16.9. The summed E-state index contributed by atoms with van der Waals surface area (Å²) in [5, 5.41) is 63.3. The van der Waals surface area contributed by atoms with Crippen LogP contribution in [0, 0.1) is 0 Å². The molecule has 59 heavy (non-hydrogen) atoms. The molecular formula is C46H84O13. The Labute approximate surface area is 355 Å². The van der Waals surface area contributed by atoms with Crippen molar-refractivity contribution >= 4 is 11.9 Å². The minimum atomic E-state index is -1.80. The Balaban J connectivity index is 1.64. The zero-order valence-corrected chi connectivity index (χ0v) is 36.7. The fourth-order valence-electron chi connectivity index (χ4n) is 7.59. The number of esters is 2. The lowest BCUT2D eigenvalue weighted by Crippen LogP contribution is -2.64. The monoisotopic (exact) mass is 845 g/mol. The number of aliphatic hydroxyl groups is 6. The fraction of sp³-hybridized carbons (Fsp3) is 0.913. The molecule has 0 aromatic heterocycles. The van der Waals surface area contributed by atoms with Gasteiger partial charge in [-0.3, -0.25) is 9.59 Å². The average molecular weight is 845 g/mol. The number of rotatable bonds is 35. The first kappa shape index (κ1) is 53.5. The largest absolute Gasteiger partial charge is 0.463 e. The SMILES string of the molecule is CCCCCCCC/C=C\CCCCCCCC(=O)OCC1O[C@H](O[C@H]2OC(COC(=O)CCCCCCCCCCCCCCC)[C@@H](O)C(O)C2O)C(O)C(O)[C@@H]1O. The minimum Gasteiger partial charge on any atom is -0.463 e. The van der Waals surface area contributed by atoms with Gasteiger partial charge in [-0.05, 0) is 38.5 Å². The minimum absolute atomic E-state index is 0.180. The van der Waals surface area contributed by atoms with Crippen LogP contribution >= 0.6 is 0 Å². The molecule has 2 heterocycles. The van der Waals surface area contributed by atoms with Crippen LogP contribution in [0.4, 0.5) is 0 Å². The number of aliphatic hydroxyl groups excluding tert-OH is 6. The van der Waals surface area contributed by atoms with Crippen LogP contribution in [0.5, 0.6) is 0 Å². The number of carbonyl (C=O) groups excluding carboxylic acids is 2. The molecule has 10 atom stereocenters. The van der Waals surface area contributed by atoms with Gasteiger partial charge in [-0.2, -0.15) is 0 Å². The molecule has 0 bridgehead atoms. The lowest BCUT2D eigenvalue weighted by molar-refractivity contribution is -0.376. The van der Waals surface area contributed by atoms with Gasteiger partial charge in [-0.15, -0.1) is 0 Å². The Morgan fingerprint density at radius 1 is 0.424 bits per heavy atom. The van der Waals surface area contributed by atoms with Gasteiger partial charge >= 0.3 is 11.9 Å². The summed E-state index contributed by atoms with van der Waals surface area (Å²) >= 11 is 0. The Kier molecular flexibility index (Phi) is 30.7. The van der Waals surface area contributed by atoms with Crippen LogP contribution < -0.4 is 0 Å². The van der Waals surface area contributed by atoms with E-state index in [1.165, 1.54) is 96.3 Å². The van der Waals surface area contributed by atoms with Crippen LogP contribution in [-0.4, -0.2) is 117 Å². The molecule has 2 rings (SSSR count). The van der Waals surface area contributed by atoms with E-state index in [-0.39, 0.29) is 12.8 Å². The highest BCUT2D eigenvalue weighted by Gasteiger charge is 2.50. The van der Waals surface area contributed by atoms with E-state index in [1.54, 1.807) is 0 Å². The van der Waals surface area contributed by atoms with Crippen molar-refractivity contribution in [1.29, 1.82) is 0 Å². The fourth-order valence-corrected chi connectivity index (χ4v) is 7.59. The zero-order valence-electron chi connectivity index (χ0n) is 36.7. The molecule has 0 radical (unpaired) electrons. The molecule has 346 valence electrons. The lowest BCUT2D eigenvalue weighted by atomic mass is 9.98. The summed E-state index contributed by atoms with van der Waals surface area (Å²) < 4.78 is 27.5. The number of allylic oxidation sites excluding steroid dienone is 2. The van der Waals surface area contributed by atoms with Gasteiger partial charge in [-0.1, -0.05) is 154 Å². The van der Waals surface area contributed by atoms with Gasteiger partial charge in [0.05, 0.1) is 0 Å². The molecule has 0 spiro atoms. The maximum Gasteiger partial charge on any atom is 0.305 e. The summed E-state index contributed by atoms with van der Waals surface area (Å²) in [6.45, 7) is 3.61. The maximum absolute atomic E-state index is 12.4. The molecular weight excluding hydrogens is 760 g/mol. The molecule has 13 nitrogen and oxygen atoms in total. The summed E-state index contributed by atoms with van der Waals surface area (Å²) in [7, 11) is 0. The smallest absolute Gasteiger partial charge is 0.305 e. The number of carbonyl (C=O) groups is 2. The highest BCUT2D eigenvalue weighted by molar-refractivity contribution is 5.69. The van der Waals surface area contributed by atoms with Crippen LogP contribution in [0.3, 0.4) is 0 Å². The Bertz CT molecular complexity index is 1080. The molecule has 6 unspecified atom stereocenters. The Morgan fingerprint density at radius 2 is 0.729 bits per heavy atom. The molecule has 0 aliphatic carbocycles. The van der Waals surface area contributed by atoms with E-state index in [0.29, 0.717) is 12.8 Å². The van der Waals surface area contributed by atoms with Crippen molar-refractivity contribution in [1.82, 2.24) is 0 Å². The van der Waals surface area contributed by atoms with Gasteiger partial charge in [0.25, 0.3) is 0 Å². The van der Waals surface area contributed by atoms with Gasteiger partial charge < -0.3 is 54.3 Å². The van der Waals surface area contributed by atoms with Gasteiger partial charge in [0.15, 0.2) is 12.6 Å². The zero-order chi connectivity index (χ0) is 43.1. The van der Waals surface area contributed by atoms with E-state index in [0.717, 1.165) is 57.8 Å². The predicted octanol–water partition coefficient (Wildman–Crippen LogP) is 7.22. The number of unbranched alkanes of at least 4 members (excludes halogenated alkanes) is 23. The first-order valence-electron chi connectivity index (χ1n) is 23.6. The van der Waals surface area contributed by atoms with Crippen LogP contribution in [0.2, 0.25) is 0 Å². The third-order valence-corrected chi connectivity index (χ3v) is 11.5. The molecule has 13 heteroatoms. The summed E-state index contributed by atoms with van der Waals surface area (Å²) in [6, 6.07) is 0. The van der Waals surface area contributed by atoms with Crippen LogP contribution in [-0.2, 0) is 33.3 Å². The maximum atomic E-state index is 12.4. The van der Waals surface area contributed by atoms with Crippen molar-refractivity contribution in [2.45, 2.75) is 255 Å². The van der Waals surface area contributed by atoms with Crippen molar-refractivity contribution in [3.8, 4) is 0 Å². The molecule has 0 amide bonds. The number of hydrogen-bond acceptors (Lipinski definition) is 13. The van der Waals surface area contributed by atoms with Gasteiger partial charge in [0, 0.05) is 12.8 Å². The van der Waals surface area contributed by atoms with Gasteiger partial charge in [-0.25, -0.2) is 0 Å². The lowest BCUT2D eigenvalue weighted by Gasteiger charge is -2.44. The highest BCUT2D eigenvalue weighted by Crippen LogP contribution is 2.29. The first-order chi connectivity index (χ1) is 28.6. The van der Waals surface area contributed by atoms with E-state index in [9.17, 15) is 40.2 Å². The van der Waals surface area contributed by atoms with E-state index >= 15 is 0 Å². The molecule has 2 fully saturated rings. The summed E-state index contributed by atoms with van der Waals surface area (Å²) in [6.07, 6.45) is 18.8. The van der Waals surface area contributed by atoms with E-state index in [4.69, 9.17) is 23.7 Å². The molecule has 0 saturated carbocycles. The third kappa shape index (κ3) is 23.4. The van der Waals surface area contributed by atoms with Crippen LogP contribution in [0.1, 0.15) is 194 Å². The molecule has 2 aliphatic rings. The van der Waals surface area contributed by atoms with Gasteiger partial charge in [0.2, 0.25) is 0 Å². The van der Waals surface area contributed by atoms with Crippen LogP contribution in [0.25, 0.3) is 0 Å². The van der Waals surface area contributed by atoms with Crippen molar-refractivity contribution in [2.75, 3.05) is 13.2 Å². The summed E-state index contributed by atoms with van der Waals surface area (Å²) in [4.78, 5) is 24.9. The normalized spacial score (nSPS) is 27.3. The van der Waals surface area contributed by atoms with E-state index in [2.05, 4.69) is 26.0 Å². The summed E-state index contributed by atoms with van der Waals surface area (Å²) in [5.41, 5.74) is 0. The Morgan fingerprint density at radius 3 is 1.07 bits per heavy atom. The summed E-state index contributed by atoms with van der Waals surface area (Å²) in [5.74, 6) is -0.981. The van der Waals surface area contributed by atoms with Crippen molar-refractivity contribution < 1.29 is 63.9 Å². The van der Waals surface area contributed by atoms with Crippen molar-refractivity contribution in [3.05, 3.63) is 12.2 Å². The quantitative estimate of drug-likeness (QED) is 0.0212. The highest BCUT2D eigenvalue weighted by atomic mass is 16.8. The van der Waals surface area contributed by atoms with Gasteiger partial charge in [0.1, 0.15) is 62.0 Å². The molecule has 0 aromatic carbocycles. The molecule has 2 aliphatic heterocycles. The standard InChI is InChI=1S/C46H84O13/c1-3-5-7-9-11-13-15-17-18-20-22-24-26-28-30-32-38(48)56-34-36-40(50)42(52)44(54)46(58-36)59-45-43(53)41(51)39(49)35(57-45)33-55-37(47)31-29-27-25-23-21-19-16-14-12-10-8-6-4-2/h17-18,35-36,39-46,49-54H,3-16,19-34H2,1-2H3/b18-17-/t35?,36?,39-,40-,41?,42?,43?,44?,45-,46-/m1/s1. The molecule has 6 N–H and O–H groups in total. The predicted molar refractivity (Wildman–Crippen MR) is 226 cm³/mol. The van der Waals surface area contributed by atoms with E-state index in [1.807, 2.05) is 0 Å². The van der Waals surface area contributed by atoms with Crippen molar-refractivity contribution in [3.63, 3.8) is 0 Å². The topological polar surface area (TPSA) is 202 Å². The Hall–Kier alpha value is -1.68. The second kappa shape index (κ2) is 33.9. The first-order valence-corrected chi connectivity index (χ1v) is 23.6. The number of ether oxygens (including phenoxy) is 5. The number of hydrogen-bond donors (Lipinski definition) is 6. The second-order valence-electron chi connectivity index (χ2n) is 16.9. The third-order valence-electron chi connectivity index (χ3n) is 11.5.